The lowest BCUT2D eigenvalue weighted by Crippen LogP contribution is -2.53. The Bertz CT molecular complexity index is 1300. The third-order valence-electron chi connectivity index (χ3n) is 11.6. The van der Waals surface area contributed by atoms with E-state index in [-0.39, 0.29) is 49.8 Å². The van der Waals surface area contributed by atoms with Crippen LogP contribution in [0.5, 0.6) is 0 Å². The molecular formula is C39H60O12. The summed E-state index contributed by atoms with van der Waals surface area (Å²) in [6.45, 7) is 3.52. The van der Waals surface area contributed by atoms with E-state index < -0.39 is 76.9 Å². The monoisotopic (exact) mass is 720 g/mol. The summed E-state index contributed by atoms with van der Waals surface area (Å²) >= 11 is 0. The molecule has 0 saturated heterocycles. The average Bonchev–Trinajstić information content (AvgIpc) is 3.10. The zero-order valence-corrected chi connectivity index (χ0v) is 30.3. The summed E-state index contributed by atoms with van der Waals surface area (Å²) in [5.74, 6) is -8.46. The molecule has 4 aliphatic carbocycles. The van der Waals surface area contributed by atoms with E-state index in [1.165, 1.54) is 0 Å². The molecule has 0 amide bonds. The molecule has 0 bridgehead atoms. The Hall–Kier alpha value is -2.93. The second kappa shape index (κ2) is 20.3. The van der Waals surface area contributed by atoms with Gasteiger partial charge in [0.15, 0.2) is 17.3 Å². The molecule has 4 unspecified atom stereocenters. The van der Waals surface area contributed by atoms with Gasteiger partial charge in [-0.1, -0.05) is 58.8 Å². The van der Waals surface area contributed by atoms with Crippen molar-refractivity contribution in [2.45, 2.75) is 135 Å². The minimum absolute atomic E-state index is 0.0844. The van der Waals surface area contributed by atoms with Gasteiger partial charge in [0.25, 0.3) is 0 Å². The summed E-state index contributed by atoms with van der Waals surface area (Å²) in [6, 6.07) is 0. The van der Waals surface area contributed by atoms with Crippen molar-refractivity contribution in [1.82, 2.24) is 0 Å². The summed E-state index contributed by atoms with van der Waals surface area (Å²) in [4.78, 5) is 62.4. The van der Waals surface area contributed by atoms with Gasteiger partial charge < -0.3 is 35.7 Å². The van der Waals surface area contributed by atoms with Crippen LogP contribution in [0, 0.1) is 41.4 Å². The first-order valence-electron chi connectivity index (χ1n) is 19.2. The van der Waals surface area contributed by atoms with Crippen molar-refractivity contribution in [1.29, 1.82) is 0 Å². The van der Waals surface area contributed by atoms with Crippen LogP contribution < -0.4 is 0 Å². The molecule has 2 saturated carbocycles. The normalized spacial score (nSPS) is 30.7. The number of carbonyl (C=O) groups excluding carboxylic acids is 4. The van der Waals surface area contributed by atoms with Crippen molar-refractivity contribution < 1.29 is 59.7 Å². The molecule has 0 radical (unpaired) electrons. The predicted molar refractivity (Wildman–Crippen MR) is 187 cm³/mol. The fourth-order valence-electron chi connectivity index (χ4n) is 9.06. The number of carbonyl (C=O) groups is 5. The summed E-state index contributed by atoms with van der Waals surface area (Å²) in [7, 11) is 0. The summed E-state index contributed by atoms with van der Waals surface area (Å²) in [5.41, 5.74) is 0.783. The zero-order valence-electron chi connectivity index (χ0n) is 30.3. The predicted octanol–water partition coefficient (Wildman–Crippen LogP) is 4.70. The van der Waals surface area contributed by atoms with E-state index in [9.17, 15) is 59.7 Å². The van der Waals surface area contributed by atoms with E-state index in [2.05, 4.69) is 6.92 Å². The van der Waals surface area contributed by atoms with Gasteiger partial charge in [0.1, 0.15) is 11.6 Å². The van der Waals surface area contributed by atoms with Crippen LogP contribution in [0.25, 0.3) is 0 Å². The maximum absolute atomic E-state index is 12.7. The van der Waals surface area contributed by atoms with Crippen LogP contribution in [0.4, 0.5) is 0 Å². The minimum Gasteiger partial charge on any atom is -0.504 e. The second-order valence-electron chi connectivity index (χ2n) is 14.8. The van der Waals surface area contributed by atoms with E-state index >= 15 is 0 Å². The third kappa shape index (κ3) is 9.94. The van der Waals surface area contributed by atoms with E-state index in [0.717, 1.165) is 51.4 Å². The molecule has 51 heavy (non-hydrogen) atoms. The number of ketones is 4. The number of allylic oxidation sites excluding steroid dienone is 4. The largest absolute Gasteiger partial charge is 0.504 e. The molecule has 4 rings (SSSR count). The minimum atomic E-state index is -0.987. The zero-order chi connectivity index (χ0) is 37.8. The van der Waals surface area contributed by atoms with E-state index in [1.54, 1.807) is 0 Å². The Morgan fingerprint density at radius 1 is 0.647 bits per heavy atom. The maximum atomic E-state index is 12.7. The molecular weight excluding hydrogens is 660 g/mol. The fraction of sp³-hybridized carbons (Fsp3) is 0.769. The van der Waals surface area contributed by atoms with E-state index in [1.807, 2.05) is 6.92 Å². The van der Waals surface area contributed by atoms with Gasteiger partial charge in [0, 0.05) is 49.7 Å². The van der Waals surface area contributed by atoms with Gasteiger partial charge in [-0.15, -0.1) is 0 Å². The number of aliphatic carboxylic acids is 1. The molecule has 0 aromatic rings. The van der Waals surface area contributed by atoms with Crippen LogP contribution >= 0.6 is 0 Å². The Kier molecular flexibility index (Phi) is 16.9. The number of carboxylic acids is 1. The van der Waals surface area contributed by atoms with Gasteiger partial charge in [-0.25, -0.2) is 0 Å². The molecule has 0 spiro atoms. The molecule has 9 atom stereocenters. The number of rotatable bonds is 17. The molecule has 0 aromatic carbocycles. The van der Waals surface area contributed by atoms with Crippen LogP contribution in [-0.2, 0) is 24.0 Å². The molecule has 0 heterocycles. The second-order valence-corrected chi connectivity index (χ2v) is 14.8. The van der Waals surface area contributed by atoms with Gasteiger partial charge >= 0.3 is 5.97 Å². The lowest BCUT2D eigenvalue weighted by molar-refractivity contribution is -0.151. The summed E-state index contributed by atoms with van der Waals surface area (Å²) < 4.78 is 0. The number of unbranched alkanes of at least 4 members (excludes halogenated alkanes) is 6. The highest BCUT2D eigenvalue weighted by Crippen LogP contribution is 2.49. The van der Waals surface area contributed by atoms with Crippen LogP contribution in [0.3, 0.4) is 0 Å². The summed E-state index contributed by atoms with van der Waals surface area (Å²) in [5, 5.41) is 69.7. The van der Waals surface area contributed by atoms with Gasteiger partial charge in [-0.2, -0.15) is 0 Å². The molecule has 288 valence electrons. The van der Waals surface area contributed by atoms with Crippen molar-refractivity contribution >= 4 is 29.1 Å². The number of Topliss-reactive ketones (excluding diaryl/α,β-unsaturated/α-hetero) is 4. The summed E-state index contributed by atoms with van der Waals surface area (Å²) in [6.07, 6.45) is 8.56. The number of hydrogen-bond donors (Lipinski definition) is 7. The first-order chi connectivity index (χ1) is 24.4. The Labute approximate surface area is 301 Å². The first-order valence-corrected chi connectivity index (χ1v) is 19.2. The topological polar surface area (TPSA) is 227 Å². The van der Waals surface area contributed by atoms with Gasteiger partial charge in [0.05, 0.1) is 24.0 Å². The maximum Gasteiger partial charge on any atom is 0.306 e. The van der Waals surface area contributed by atoms with Crippen molar-refractivity contribution in [3.8, 4) is 0 Å². The van der Waals surface area contributed by atoms with Gasteiger partial charge in [-0.05, 0) is 68.4 Å². The van der Waals surface area contributed by atoms with Gasteiger partial charge in [-0.3, -0.25) is 24.0 Å². The van der Waals surface area contributed by atoms with Crippen LogP contribution in [0.2, 0.25) is 0 Å². The van der Waals surface area contributed by atoms with Crippen LogP contribution in [0.1, 0.15) is 123 Å². The van der Waals surface area contributed by atoms with Gasteiger partial charge in [0.2, 0.25) is 5.78 Å². The number of hydrogen-bond acceptors (Lipinski definition) is 11. The SMILES string of the molecule is CCCCCC1=C(O)C(=O)C2CCC[C@H](C(=O)O)[C@H]2C1C(=O)CCO.CCCCCCCC1=C(O)C(=O)C2[C@H](C1C(=O)CCO)[C@@H](O)CC[C@H]2O. The molecule has 7 N–H and O–H groups in total. The number of aliphatic hydroxyl groups is 6. The first kappa shape index (κ1) is 42.5. The van der Waals surface area contributed by atoms with Crippen LogP contribution in [-0.4, -0.2) is 90.3 Å². The van der Waals surface area contributed by atoms with E-state index in [4.69, 9.17) is 0 Å². The standard InChI is InChI=1S/C20H32O6.C19H28O6/c1-2-3-4-5-6-7-12-16(15(24)10-11-21)17-13(22)8-9-14(23)18(17)20(26)19(12)25;1-2-3-4-6-12-16(14(21)9-10-20)15-11(17(22)18(12)23)7-5-8-13(15)19(24)25/h13-14,16-18,21-23,25H,2-11H2,1H3;11,13,15-16,20,23H,2-10H2,1H3,(H,24,25)/t13-,14+,16?,17-,18?;11?,13-,15-,16?/m00/s1. The smallest absolute Gasteiger partial charge is 0.306 e. The highest BCUT2D eigenvalue weighted by molar-refractivity contribution is 6.01. The Balaban J connectivity index is 0.000000276. The Morgan fingerprint density at radius 3 is 1.69 bits per heavy atom. The molecule has 0 aromatic heterocycles. The highest BCUT2D eigenvalue weighted by atomic mass is 16.4. The lowest BCUT2D eigenvalue weighted by atomic mass is 9.58. The number of aliphatic hydroxyl groups excluding tert-OH is 6. The molecule has 12 heteroatoms. The van der Waals surface area contributed by atoms with Crippen LogP contribution in [0.15, 0.2) is 22.7 Å². The highest BCUT2D eigenvalue weighted by Gasteiger charge is 2.54. The average molecular weight is 721 g/mol. The van der Waals surface area contributed by atoms with Crippen molar-refractivity contribution in [2.24, 2.45) is 41.4 Å². The third-order valence-corrected chi connectivity index (χ3v) is 11.6. The lowest BCUT2D eigenvalue weighted by Gasteiger charge is -2.45. The van der Waals surface area contributed by atoms with Crippen molar-refractivity contribution in [3.63, 3.8) is 0 Å². The molecule has 0 aliphatic heterocycles. The number of carboxylic acid groups (broad SMARTS) is 1. The Morgan fingerprint density at radius 2 is 1.14 bits per heavy atom. The van der Waals surface area contributed by atoms with E-state index in [0.29, 0.717) is 49.7 Å². The molecule has 12 nitrogen and oxygen atoms in total. The van der Waals surface area contributed by atoms with Crippen molar-refractivity contribution in [2.75, 3.05) is 13.2 Å². The fourth-order valence-corrected chi connectivity index (χ4v) is 9.06. The molecule has 4 aliphatic rings. The molecule has 2 fully saturated rings. The number of fused-ring (bicyclic) bond motifs is 2. The van der Waals surface area contributed by atoms with Crippen molar-refractivity contribution in [3.05, 3.63) is 22.7 Å². The quantitative estimate of drug-likeness (QED) is 0.102.